The molecular formula is C10H8O3Se. The summed E-state index contributed by atoms with van der Waals surface area (Å²) in [6.45, 7) is 0. The first-order valence-electron chi connectivity index (χ1n) is 4.01. The number of benzene rings is 1. The molecule has 1 aromatic carbocycles. The van der Waals surface area contributed by atoms with E-state index in [0.717, 1.165) is 9.65 Å². The zero-order valence-electron chi connectivity index (χ0n) is 7.48. The fourth-order valence-electron chi connectivity index (χ4n) is 1.22. The molecule has 2 rings (SSSR count). The van der Waals surface area contributed by atoms with E-state index in [2.05, 4.69) is 4.74 Å². The fourth-order valence-corrected chi connectivity index (χ4v) is 3.35. The van der Waals surface area contributed by atoms with E-state index in [0.29, 0.717) is 4.44 Å². The van der Waals surface area contributed by atoms with Crippen molar-refractivity contribution in [2.45, 2.75) is 0 Å². The third-order valence-corrected chi connectivity index (χ3v) is 4.15. The van der Waals surface area contributed by atoms with Gasteiger partial charge in [-0.15, -0.1) is 0 Å². The van der Waals surface area contributed by atoms with Gasteiger partial charge in [-0.1, -0.05) is 0 Å². The number of hydrogen-bond donors (Lipinski definition) is 1. The molecule has 3 nitrogen and oxygen atoms in total. The first kappa shape index (κ1) is 9.31. The van der Waals surface area contributed by atoms with Crippen molar-refractivity contribution in [1.82, 2.24) is 0 Å². The van der Waals surface area contributed by atoms with Gasteiger partial charge in [0, 0.05) is 0 Å². The van der Waals surface area contributed by atoms with E-state index < -0.39 is 0 Å². The van der Waals surface area contributed by atoms with Gasteiger partial charge in [-0.3, -0.25) is 0 Å². The summed E-state index contributed by atoms with van der Waals surface area (Å²) in [5, 5.41) is 10.3. The van der Waals surface area contributed by atoms with E-state index >= 15 is 0 Å². The van der Waals surface area contributed by atoms with Crippen molar-refractivity contribution in [2.24, 2.45) is 0 Å². The van der Waals surface area contributed by atoms with Crippen LogP contribution in [0.4, 0.5) is 0 Å². The SMILES string of the molecule is COC(=O)c1cc2ccc(O)cc2[se]1. The topological polar surface area (TPSA) is 46.5 Å². The summed E-state index contributed by atoms with van der Waals surface area (Å²) < 4.78 is 6.36. The second kappa shape index (κ2) is 3.48. The second-order valence-corrected chi connectivity index (χ2v) is 5.10. The average Bonchev–Trinajstić information content (AvgIpc) is 2.59. The molecule has 72 valence electrons. The maximum atomic E-state index is 11.2. The predicted molar refractivity (Wildman–Crippen MR) is 53.9 cm³/mol. The molecule has 1 aromatic heterocycles. The van der Waals surface area contributed by atoms with Crippen molar-refractivity contribution >= 4 is 30.1 Å². The molecule has 0 amide bonds. The number of methoxy groups -OCH3 is 1. The van der Waals surface area contributed by atoms with Crippen molar-refractivity contribution in [3.05, 3.63) is 28.7 Å². The number of rotatable bonds is 1. The minimum absolute atomic E-state index is 0.0405. The number of carbonyl (C=O) groups is 1. The summed E-state index contributed by atoms with van der Waals surface area (Å²) in [5.74, 6) is -0.0363. The van der Waals surface area contributed by atoms with Crippen LogP contribution < -0.4 is 0 Å². The van der Waals surface area contributed by atoms with Crippen molar-refractivity contribution in [1.29, 1.82) is 0 Å². The number of esters is 1. The molecule has 2 aromatic rings. The average molecular weight is 255 g/mol. The Bertz CT molecular complexity index is 487. The molecular weight excluding hydrogens is 247 g/mol. The van der Waals surface area contributed by atoms with Crippen LogP contribution in [0.5, 0.6) is 5.75 Å². The van der Waals surface area contributed by atoms with Gasteiger partial charge < -0.3 is 0 Å². The van der Waals surface area contributed by atoms with E-state index in [9.17, 15) is 9.90 Å². The summed E-state index contributed by atoms with van der Waals surface area (Å²) in [6, 6.07) is 6.94. The van der Waals surface area contributed by atoms with Gasteiger partial charge in [-0.05, 0) is 0 Å². The van der Waals surface area contributed by atoms with Crippen molar-refractivity contribution in [3.63, 3.8) is 0 Å². The molecule has 0 saturated heterocycles. The molecule has 0 unspecified atom stereocenters. The maximum absolute atomic E-state index is 11.2. The Morgan fingerprint density at radius 2 is 2.21 bits per heavy atom. The molecule has 0 aliphatic heterocycles. The first-order valence-corrected chi connectivity index (χ1v) is 5.73. The number of carbonyl (C=O) groups excluding carboxylic acids is 1. The van der Waals surface area contributed by atoms with Gasteiger partial charge in [0.1, 0.15) is 0 Å². The molecule has 4 heteroatoms. The number of aromatic hydroxyl groups is 1. The summed E-state index contributed by atoms with van der Waals surface area (Å²) in [5.41, 5.74) is 0. The van der Waals surface area contributed by atoms with Gasteiger partial charge in [0.15, 0.2) is 0 Å². The molecule has 0 radical (unpaired) electrons. The van der Waals surface area contributed by atoms with Crippen LogP contribution in [-0.2, 0) is 4.74 Å². The predicted octanol–water partition coefficient (Wildman–Crippen LogP) is 1.39. The Balaban J connectivity index is 2.56. The number of phenolic OH excluding ortho intramolecular Hbond substituents is 1. The first-order chi connectivity index (χ1) is 6.70. The van der Waals surface area contributed by atoms with Crippen LogP contribution in [0.15, 0.2) is 24.3 Å². The van der Waals surface area contributed by atoms with Gasteiger partial charge in [0.25, 0.3) is 0 Å². The summed E-state index contributed by atoms with van der Waals surface area (Å²) in [6.07, 6.45) is 0. The number of hydrogen-bond acceptors (Lipinski definition) is 3. The molecule has 14 heavy (non-hydrogen) atoms. The monoisotopic (exact) mass is 256 g/mol. The van der Waals surface area contributed by atoms with E-state index in [4.69, 9.17) is 0 Å². The zero-order chi connectivity index (χ0) is 10.1. The van der Waals surface area contributed by atoms with Crippen LogP contribution in [-0.4, -0.2) is 32.7 Å². The Morgan fingerprint density at radius 3 is 2.93 bits per heavy atom. The summed E-state index contributed by atoms with van der Waals surface area (Å²) in [7, 11) is 1.37. The summed E-state index contributed by atoms with van der Waals surface area (Å²) >= 11 is -0.0405. The molecule has 0 bridgehead atoms. The second-order valence-electron chi connectivity index (χ2n) is 2.82. The third kappa shape index (κ3) is 1.54. The Labute approximate surface area is 86.7 Å². The standard InChI is InChI=1S/C10H8O3Se/c1-13-10(12)9-4-6-2-3-7(11)5-8(6)14-9/h2-5,11H,1H3. The van der Waals surface area contributed by atoms with Crippen molar-refractivity contribution in [2.75, 3.05) is 7.11 Å². The third-order valence-electron chi connectivity index (χ3n) is 1.89. The van der Waals surface area contributed by atoms with Crippen molar-refractivity contribution < 1.29 is 14.6 Å². The summed E-state index contributed by atoms with van der Waals surface area (Å²) in [4.78, 5) is 11.2. The van der Waals surface area contributed by atoms with E-state index in [1.807, 2.05) is 12.1 Å². The van der Waals surface area contributed by atoms with Gasteiger partial charge in [0.05, 0.1) is 0 Å². The fraction of sp³-hybridized carbons (Fsp3) is 0.100. The quantitative estimate of drug-likeness (QED) is 0.618. The number of ether oxygens (including phenoxy) is 1. The molecule has 1 heterocycles. The number of fused-ring (bicyclic) bond motifs is 1. The van der Waals surface area contributed by atoms with Gasteiger partial charge in [-0.25, -0.2) is 0 Å². The molecule has 0 atom stereocenters. The Kier molecular flexibility index (Phi) is 2.31. The van der Waals surface area contributed by atoms with Gasteiger partial charge >= 0.3 is 86.3 Å². The molecule has 0 aliphatic carbocycles. The molecule has 0 saturated carbocycles. The Morgan fingerprint density at radius 1 is 1.43 bits per heavy atom. The molecule has 1 N–H and O–H groups in total. The van der Waals surface area contributed by atoms with E-state index in [-0.39, 0.29) is 26.2 Å². The van der Waals surface area contributed by atoms with Crippen LogP contribution in [0.25, 0.3) is 9.65 Å². The van der Waals surface area contributed by atoms with Gasteiger partial charge in [0.2, 0.25) is 0 Å². The Hall–Kier alpha value is -1.25. The van der Waals surface area contributed by atoms with Crippen LogP contribution in [0, 0.1) is 0 Å². The zero-order valence-corrected chi connectivity index (χ0v) is 9.19. The normalized spacial score (nSPS) is 10.4. The van der Waals surface area contributed by atoms with Gasteiger partial charge in [-0.2, -0.15) is 0 Å². The van der Waals surface area contributed by atoms with E-state index in [1.54, 1.807) is 12.1 Å². The van der Waals surface area contributed by atoms with Crippen LogP contribution in [0.1, 0.15) is 9.23 Å². The molecule has 0 aliphatic rings. The van der Waals surface area contributed by atoms with Crippen LogP contribution >= 0.6 is 0 Å². The number of phenols is 1. The van der Waals surface area contributed by atoms with Crippen LogP contribution in [0.3, 0.4) is 0 Å². The molecule has 0 fully saturated rings. The van der Waals surface area contributed by atoms with E-state index in [1.165, 1.54) is 7.11 Å². The van der Waals surface area contributed by atoms with Crippen molar-refractivity contribution in [3.8, 4) is 5.75 Å². The minimum atomic E-state index is -0.277. The van der Waals surface area contributed by atoms with Crippen LogP contribution in [0.2, 0.25) is 0 Å². The molecule has 0 spiro atoms.